The predicted octanol–water partition coefficient (Wildman–Crippen LogP) is 3.82. The van der Waals surface area contributed by atoms with E-state index >= 15 is 0 Å². The van der Waals surface area contributed by atoms with Crippen LogP contribution in [0.25, 0.3) is 11.1 Å². The molecule has 28 heavy (non-hydrogen) atoms. The molecule has 0 fully saturated rings. The predicted molar refractivity (Wildman–Crippen MR) is 95.0 cm³/mol. The molecule has 0 atom stereocenters. The van der Waals surface area contributed by atoms with Crippen LogP contribution >= 0.6 is 0 Å². The minimum atomic E-state index is -4.29. The first kappa shape index (κ1) is 19.3. The van der Waals surface area contributed by atoms with Crippen molar-refractivity contribution in [1.29, 1.82) is 0 Å². The molecule has 0 amide bonds. The number of carbonyl (C=O) groups excluding carboxylic acids is 1. The van der Waals surface area contributed by atoms with E-state index in [1.807, 2.05) is 0 Å². The van der Waals surface area contributed by atoms with E-state index in [9.17, 15) is 18.0 Å². The first-order valence-electron chi connectivity index (χ1n) is 8.21. The highest BCUT2D eigenvalue weighted by Crippen LogP contribution is 2.31. The van der Waals surface area contributed by atoms with Crippen LogP contribution in [-0.4, -0.2) is 39.0 Å². The van der Waals surface area contributed by atoms with Crippen molar-refractivity contribution in [2.45, 2.75) is 19.1 Å². The molecule has 0 saturated carbocycles. The highest BCUT2D eigenvalue weighted by molar-refractivity contribution is 5.96. The first-order chi connectivity index (χ1) is 13.4. The van der Waals surface area contributed by atoms with E-state index in [4.69, 9.17) is 4.74 Å². The average Bonchev–Trinajstić information content (AvgIpc) is 3.09. The van der Waals surface area contributed by atoms with Crippen LogP contribution < -0.4 is 5.32 Å². The molecular formula is C18H16F3N5O2. The van der Waals surface area contributed by atoms with Gasteiger partial charge in [0, 0.05) is 36.9 Å². The molecular weight excluding hydrogens is 375 g/mol. The second-order valence-electron chi connectivity index (χ2n) is 5.79. The number of pyridine rings is 2. The minimum absolute atomic E-state index is 0.225. The molecule has 3 aromatic rings. The quantitative estimate of drug-likeness (QED) is 0.644. The van der Waals surface area contributed by atoms with Crippen LogP contribution in [0.3, 0.4) is 0 Å². The van der Waals surface area contributed by atoms with Crippen molar-refractivity contribution < 1.29 is 22.7 Å². The third kappa shape index (κ3) is 4.64. The van der Waals surface area contributed by atoms with Gasteiger partial charge in [0.15, 0.2) is 5.82 Å². The van der Waals surface area contributed by atoms with Gasteiger partial charge < -0.3 is 10.1 Å². The first-order valence-corrected chi connectivity index (χ1v) is 8.21. The molecule has 3 aromatic heterocycles. The zero-order chi connectivity index (χ0) is 20.1. The number of alkyl halides is 3. The van der Waals surface area contributed by atoms with E-state index in [0.717, 1.165) is 0 Å². The SMILES string of the molecule is COC(=O)c1ccncc1Nc1nn(CCC(F)(F)F)cc1-c1ccncc1. The van der Waals surface area contributed by atoms with Crippen LogP contribution in [0.15, 0.2) is 49.2 Å². The summed E-state index contributed by atoms with van der Waals surface area (Å²) >= 11 is 0. The summed E-state index contributed by atoms with van der Waals surface area (Å²) in [5.41, 5.74) is 1.82. The molecule has 0 radical (unpaired) electrons. The van der Waals surface area contributed by atoms with Crippen LogP contribution in [-0.2, 0) is 11.3 Å². The van der Waals surface area contributed by atoms with Crippen LogP contribution in [0.1, 0.15) is 16.8 Å². The van der Waals surface area contributed by atoms with Gasteiger partial charge in [0.1, 0.15) is 0 Å². The van der Waals surface area contributed by atoms with Crippen molar-refractivity contribution in [1.82, 2.24) is 19.7 Å². The summed E-state index contributed by atoms with van der Waals surface area (Å²) in [6.45, 7) is -0.333. The van der Waals surface area contributed by atoms with Gasteiger partial charge in [-0.05, 0) is 23.8 Å². The number of nitrogens with one attached hydrogen (secondary N) is 1. The molecule has 0 spiro atoms. The van der Waals surface area contributed by atoms with Crippen molar-refractivity contribution in [3.05, 3.63) is 54.7 Å². The van der Waals surface area contributed by atoms with Gasteiger partial charge in [-0.2, -0.15) is 18.3 Å². The average molecular weight is 391 g/mol. The summed E-state index contributed by atoms with van der Waals surface area (Å²) in [7, 11) is 1.25. The lowest BCUT2D eigenvalue weighted by Crippen LogP contribution is -2.12. The Labute approximate surface area is 158 Å². The molecule has 0 aliphatic rings. The molecule has 0 saturated heterocycles. The maximum atomic E-state index is 12.6. The zero-order valence-electron chi connectivity index (χ0n) is 14.8. The fourth-order valence-electron chi connectivity index (χ4n) is 2.52. The van der Waals surface area contributed by atoms with Crippen LogP contribution in [0, 0.1) is 0 Å². The Morgan fingerprint density at radius 1 is 1.18 bits per heavy atom. The number of anilines is 2. The number of methoxy groups -OCH3 is 1. The number of rotatable bonds is 6. The minimum Gasteiger partial charge on any atom is -0.465 e. The highest BCUT2D eigenvalue weighted by atomic mass is 19.4. The summed E-state index contributed by atoms with van der Waals surface area (Å²) in [6.07, 6.45) is 2.19. The maximum absolute atomic E-state index is 12.6. The lowest BCUT2D eigenvalue weighted by molar-refractivity contribution is -0.137. The Bertz CT molecular complexity index is 957. The van der Waals surface area contributed by atoms with Gasteiger partial charge in [-0.15, -0.1) is 0 Å². The number of hydrogen-bond acceptors (Lipinski definition) is 6. The number of aromatic nitrogens is 4. The smallest absolute Gasteiger partial charge is 0.390 e. The van der Waals surface area contributed by atoms with Crippen molar-refractivity contribution in [3.8, 4) is 11.1 Å². The number of carbonyl (C=O) groups is 1. The summed E-state index contributed by atoms with van der Waals surface area (Å²) in [5, 5.41) is 7.19. The number of aryl methyl sites for hydroxylation is 1. The second-order valence-corrected chi connectivity index (χ2v) is 5.79. The molecule has 0 aliphatic carbocycles. The number of nitrogens with zero attached hydrogens (tertiary/aromatic N) is 4. The number of esters is 1. The Hall–Kier alpha value is -3.43. The molecule has 3 rings (SSSR count). The number of ether oxygens (including phenoxy) is 1. The third-order valence-corrected chi connectivity index (χ3v) is 3.86. The van der Waals surface area contributed by atoms with Crippen LogP contribution in [0.4, 0.5) is 24.7 Å². The summed E-state index contributed by atoms with van der Waals surface area (Å²) in [5.74, 6) is -0.293. The molecule has 0 unspecified atom stereocenters. The van der Waals surface area contributed by atoms with E-state index < -0.39 is 18.6 Å². The van der Waals surface area contributed by atoms with Gasteiger partial charge in [0.05, 0.1) is 31.0 Å². The van der Waals surface area contributed by atoms with E-state index in [0.29, 0.717) is 16.8 Å². The van der Waals surface area contributed by atoms with Crippen molar-refractivity contribution in [3.63, 3.8) is 0 Å². The van der Waals surface area contributed by atoms with Crippen LogP contribution in [0.5, 0.6) is 0 Å². The Kier molecular flexibility index (Phi) is 5.57. The Morgan fingerprint density at radius 3 is 2.57 bits per heavy atom. The monoisotopic (exact) mass is 391 g/mol. The fourth-order valence-corrected chi connectivity index (χ4v) is 2.52. The molecule has 3 heterocycles. The van der Waals surface area contributed by atoms with E-state index in [1.165, 1.54) is 36.4 Å². The lowest BCUT2D eigenvalue weighted by Gasteiger charge is -2.09. The van der Waals surface area contributed by atoms with Gasteiger partial charge in [-0.3, -0.25) is 14.6 Å². The zero-order valence-corrected chi connectivity index (χ0v) is 14.8. The Balaban J connectivity index is 1.98. The van der Waals surface area contributed by atoms with Crippen molar-refractivity contribution >= 4 is 17.5 Å². The van der Waals surface area contributed by atoms with E-state index in [-0.39, 0.29) is 17.9 Å². The summed E-state index contributed by atoms with van der Waals surface area (Å²) in [4.78, 5) is 19.9. The number of hydrogen-bond donors (Lipinski definition) is 1. The molecule has 146 valence electrons. The third-order valence-electron chi connectivity index (χ3n) is 3.86. The maximum Gasteiger partial charge on any atom is 0.390 e. The highest BCUT2D eigenvalue weighted by Gasteiger charge is 2.27. The van der Waals surface area contributed by atoms with E-state index in [1.54, 1.807) is 24.5 Å². The summed E-state index contributed by atoms with van der Waals surface area (Å²) < 4.78 is 43.7. The largest absolute Gasteiger partial charge is 0.465 e. The van der Waals surface area contributed by atoms with Gasteiger partial charge in [-0.25, -0.2) is 4.79 Å². The molecule has 10 heteroatoms. The van der Waals surface area contributed by atoms with Gasteiger partial charge in [-0.1, -0.05) is 0 Å². The lowest BCUT2D eigenvalue weighted by atomic mass is 10.1. The molecule has 1 N–H and O–H groups in total. The molecule has 7 nitrogen and oxygen atoms in total. The van der Waals surface area contributed by atoms with Gasteiger partial charge in [0.25, 0.3) is 0 Å². The number of halogens is 3. The fraction of sp³-hybridized carbons (Fsp3) is 0.222. The standard InChI is InChI=1S/C18H16F3N5O2/c1-28-17(27)13-4-8-23-10-15(13)24-16-14(12-2-6-22-7-3-12)11-26(25-16)9-5-18(19,20)21/h2-4,6-8,10-11H,5,9H2,1H3,(H,24,25). The second kappa shape index (κ2) is 8.07. The van der Waals surface area contributed by atoms with Crippen molar-refractivity contribution in [2.75, 3.05) is 12.4 Å². The normalized spacial score (nSPS) is 11.3. The molecule has 0 aromatic carbocycles. The van der Waals surface area contributed by atoms with Gasteiger partial charge >= 0.3 is 12.1 Å². The van der Waals surface area contributed by atoms with Crippen LogP contribution in [0.2, 0.25) is 0 Å². The van der Waals surface area contributed by atoms with Gasteiger partial charge in [0.2, 0.25) is 0 Å². The summed E-state index contributed by atoms with van der Waals surface area (Å²) in [6, 6.07) is 4.89. The molecule has 0 bridgehead atoms. The molecule has 0 aliphatic heterocycles. The van der Waals surface area contributed by atoms with Crippen molar-refractivity contribution in [2.24, 2.45) is 0 Å². The Morgan fingerprint density at radius 2 is 1.89 bits per heavy atom. The van der Waals surface area contributed by atoms with E-state index in [2.05, 4.69) is 20.4 Å². The topological polar surface area (TPSA) is 81.9 Å².